The normalized spacial score (nSPS) is 14.6. The minimum absolute atomic E-state index is 0.0830. The maximum Gasteiger partial charge on any atom is 0.328 e. The van der Waals surface area contributed by atoms with Crippen LogP contribution in [0.3, 0.4) is 0 Å². The predicted octanol–water partition coefficient (Wildman–Crippen LogP) is -0.556. The third kappa shape index (κ3) is 1.98. The number of aryl methyl sites for hydroxylation is 1. The SMILES string of the molecule is Cc1[nH]nc2c(N3CC(n4cc(C#N)c(=O)[nH]c4=O)C3)ncnc12. The predicted molar refractivity (Wildman–Crippen MR) is 83.7 cm³/mol. The van der Waals surface area contributed by atoms with Crippen molar-refractivity contribution in [2.75, 3.05) is 18.0 Å². The molecule has 10 nitrogen and oxygen atoms in total. The highest BCUT2D eigenvalue weighted by atomic mass is 16.2. The molecular weight excluding hydrogens is 312 g/mol. The molecule has 0 aromatic carbocycles. The Morgan fingerprint density at radius 1 is 1.29 bits per heavy atom. The Morgan fingerprint density at radius 2 is 2.08 bits per heavy atom. The lowest BCUT2D eigenvalue weighted by atomic mass is 10.1. The fraction of sp³-hybridized carbons (Fsp3) is 0.286. The molecule has 1 fully saturated rings. The Bertz CT molecular complexity index is 1100. The molecule has 0 radical (unpaired) electrons. The molecule has 0 atom stereocenters. The molecule has 120 valence electrons. The highest BCUT2D eigenvalue weighted by Crippen LogP contribution is 2.29. The first-order chi connectivity index (χ1) is 11.6. The van der Waals surface area contributed by atoms with Gasteiger partial charge in [0.1, 0.15) is 23.5 Å². The first-order valence-corrected chi connectivity index (χ1v) is 7.24. The van der Waals surface area contributed by atoms with Crippen LogP contribution in [-0.4, -0.2) is 42.8 Å². The van der Waals surface area contributed by atoms with Crippen molar-refractivity contribution in [2.45, 2.75) is 13.0 Å². The molecule has 3 aromatic rings. The van der Waals surface area contributed by atoms with Crippen LogP contribution in [0.25, 0.3) is 11.0 Å². The van der Waals surface area contributed by atoms with Gasteiger partial charge in [-0.25, -0.2) is 14.8 Å². The lowest BCUT2D eigenvalue weighted by molar-refractivity contribution is 0.382. The summed E-state index contributed by atoms with van der Waals surface area (Å²) in [6.07, 6.45) is 2.78. The van der Waals surface area contributed by atoms with Crippen molar-refractivity contribution in [1.82, 2.24) is 29.7 Å². The highest BCUT2D eigenvalue weighted by Gasteiger charge is 2.32. The van der Waals surface area contributed by atoms with Crippen LogP contribution >= 0.6 is 0 Å². The monoisotopic (exact) mass is 324 g/mol. The van der Waals surface area contributed by atoms with E-state index in [1.54, 1.807) is 6.07 Å². The first-order valence-electron chi connectivity index (χ1n) is 7.24. The summed E-state index contributed by atoms with van der Waals surface area (Å²) in [5.41, 5.74) is 1.03. The molecule has 1 saturated heterocycles. The zero-order valence-corrected chi connectivity index (χ0v) is 12.6. The summed E-state index contributed by atoms with van der Waals surface area (Å²) in [5.74, 6) is 0.693. The maximum atomic E-state index is 11.9. The number of hydrogen-bond acceptors (Lipinski definition) is 7. The van der Waals surface area contributed by atoms with Crippen LogP contribution in [0.2, 0.25) is 0 Å². The van der Waals surface area contributed by atoms with Gasteiger partial charge in [-0.15, -0.1) is 0 Å². The molecule has 0 amide bonds. The van der Waals surface area contributed by atoms with E-state index in [9.17, 15) is 9.59 Å². The number of rotatable bonds is 2. The van der Waals surface area contributed by atoms with E-state index in [1.807, 2.05) is 11.8 Å². The molecule has 2 N–H and O–H groups in total. The lowest BCUT2D eigenvalue weighted by Crippen LogP contribution is -2.52. The van der Waals surface area contributed by atoms with Gasteiger partial charge in [-0.05, 0) is 6.92 Å². The fourth-order valence-corrected chi connectivity index (χ4v) is 2.81. The van der Waals surface area contributed by atoms with E-state index in [0.717, 1.165) is 11.2 Å². The molecule has 0 bridgehead atoms. The van der Waals surface area contributed by atoms with E-state index >= 15 is 0 Å². The number of nitriles is 1. The van der Waals surface area contributed by atoms with Gasteiger partial charge in [-0.1, -0.05) is 0 Å². The second-order valence-corrected chi connectivity index (χ2v) is 5.62. The smallest absolute Gasteiger partial charge is 0.328 e. The van der Waals surface area contributed by atoms with Crippen molar-refractivity contribution >= 4 is 16.9 Å². The van der Waals surface area contributed by atoms with E-state index in [-0.39, 0.29) is 11.6 Å². The molecule has 0 saturated carbocycles. The lowest BCUT2D eigenvalue weighted by Gasteiger charge is -2.40. The van der Waals surface area contributed by atoms with E-state index in [1.165, 1.54) is 17.1 Å². The number of fused-ring (bicyclic) bond motifs is 1. The van der Waals surface area contributed by atoms with Crippen molar-refractivity contribution < 1.29 is 0 Å². The first kappa shape index (κ1) is 14.1. The zero-order valence-electron chi connectivity index (χ0n) is 12.6. The van der Waals surface area contributed by atoms with Crippen molar-refractivity contribution in [3.63, 3.8) is 0 Å². The third-order valence-corrected chi connectivity index (χ3v) is 4.14. The van der Waals surface area contributed by atoms with E-state index in [0.29, 0.717) is 24.4 Å². The molecule has 0 spiro atoms. The van der Waals surface area contributed by atoms with Gasteiger partial charge in [0, 0.05) is 19.3 Å². The summed E-state index contributed by atoms with van der Waals surface area (Å²) in [6, 6.07) is 1.64. The Kier molecular flexibility index (Phi) is 2.96. The number of anilines is 1. The molecule has 1 aliphatic heterocycles. The highest BCUT2D eigenvalue weighted by molar-refractivity contribution is 5.87. The molecular formula is C14H12N8O2. The topological polar surface area (TPSA) is 136 Å². The molecule has 4 heterocycles. The van der Waals surface area contributed by atoms with Crippen molar-refractivity contribution in [2.24, 2.45) is 0 Å². The molecule has 24 heavy (non-hydrogen) atoms. The minimum Gasteiger partial charge on any atom is -0.350 e. The Hall–Kier alpha value is -3.48. The largest absolute Gasteiger partial charge is 0.350 e. The van der Waals surface area contributed by atoms with Crippen LogP contribution in [0.4, 0.5) is 5.82 Å². The summed E-state index contributed by atoms with van der Waals surface area (Å²) in [7, 11) is 0. The van der Waals surface area contributed by atoms with Gasteiger partial charge >= 0.3 is 5.69 Å². The molecule has 1 aliphatic rings. The molecule has 3 aromatic heterocycles. The number of nitrogens with zero attached hydrogens (tertiary/aromatic N) is 6. The number of aromatic nitrogens is 6. The van der Waals surface area contributed by atoms with E-state index < -0.39 is 11.2 Å². The van der Waals surface area contributed by atoms with Crippen molar-refractivity contribution in [3.8, 4) is 6.07 Å². The number of nitrogens with one attached hydrogen (secondary N) is 2. The van der Waals surface area contributed by atoms with Crippen LogP contribution in [0.15, 0.2) is 22.1 Å². The zero-order chi connectivity index (χ0) is 16.8. The second kappa shape index (κ2) is 5.02. The third-order valence-electron chi connectivity index (χ3n) is 4.14. The standard InChI is InChI=1S/C14H12N8O2/c1-7-10-11(20-19-7)12(17-6-16-10)21-4-9(5-21)22-3-8(2-15)13(23)18-14(22)24/h3,6,9H,4-5H2,1H3,(H,19,20)(H,18,23,24). The van der Waals surface area contributed by atoms with Gasteiger partial charge in [0.2, 0.25) is 0 Å². The van der Waals surface area contributed by atoms with E-state index in [2.05, 4.69) is 25.1 Å². The van der Waals surface area contributed by atoms with Crippen LogP contribution in [0, 0.1) is 18.3 Å². The summed E-state index contributed by atoms with van der Waals surface area (Å²) in [4.78, 5) is 36.0. The number of hydrogen-bond donors (Lipinski definition) is 2. The average Bonchev–Trinajstić information content (AvgIpc) is 2.90. The van der Waals surface area contributed by atoms with Crippen molar-refractivity contribution in [1.29, 1.82) is 5.26 Å². The quantitative estimate of drug-likeness (QED) is 0.645. The van der Waals surface area contributed by atoms with Crippen LogP contribution < -0.4 is 16.1 Å². The second-order valence-electron chi connectivity index (χ2n) is 5.62. The summed E-state index contributed by atoms with van der Waals surface area (Å²) in [5, 5.41) is 16.0. The van der Waals surface area contributed by atoms with Crippen LogP contribution in [0.5, 0.6) is 0 Å². The van der Waals surface area contributed by atoms with Gasteiger partial charge in [0.05, 0.1) is 11.7 Å². The Labute approximate surface area is 134 Å². The molecule has 0 unspecified atom stereocenters. The van der Waals surface area contributed by atoms with Gasteiger partial charge in [-0.2, -0.15) is 10.4 Å². The van der Waals surface area contributed by atoms with E-state index in [4.69, 9.17) is 5.26 Å². The Balaban J connectivity index is 1.64. The van der Waals surface area contributed by atoms with Crippen LogP contribution in [0.1, 0.15) is 17.3 Å². The minimum atomic E-state index is -0.667. The molecule has 10 heteroatoms. The van der Waals surface area contributed by atoms with Gasteiger partial charge < -0.3 is 4.90 Å². The fourth-order valence-electron chi connectivity index (χ4n) is 2.81. The maximum absolute atomic E-state index is 11.9. The van der Waals surface area contributed by atoms with Gasteiger partial charge in [0.25, 0.3) is 5.56 Å². The van der Waals surface area contributed by atoms with Crippen LogP contribution in [-0.2, 0) is 0 Å². The number of aromatic amines is 2. The Morgan fingerprint density at radius 3 is 2.83 bits per heavy atom. The van der Waals surface area contributed by atoms with Crippen molar-refractivity contribution in [3.05, 3.63) is 44.6 Å². The average molecular weight is 324 g/mol. The van der Waals surface area contributed by atoms with Gasteiger partial charge in [0.15, 0.2) is 11.3 Å². The summed E-state index contributed by atoms with van der Waals surface area (Å²) in [6.45, 7) is 2.93. The summed E-state index contributed by atoms with van der Waals surface area (Å²) < 4.78 is 1.38. The summed E-state index contributed by atoms with van der Waals surface area (Å²) >= 11 is 0. The molecule has 0 aliphatic carbocycles. The number of H-pyrrole nitrogens is 2. The molecule has 4 rings (SSSR count). The van der Waals surface area contributed by atoms with Gasteiger partial charge in [-0.3, -0.25) is 19.4 Å².